The number of aromatic hydroxyl groups is 1. The van der Waals surface area contributed by atoms with E-state index in [0.29, 0.717) is 37.6 Å². The molecule has 2 N–H and O–H groups in total. The number of anilines is 1. The Morgan fingerprint density at radius 2 is 1.94 bits per heavy atom. The van der Waals surface area contributed by atoms with E-state index in [0.717, 1.165) is 10.4 Å². The summed E-state index contributed by atoms with van der Waals surface area (Å²) in [5, 5.41) is 15.4. The summed E-state index contributed by atoms with van der Waals surface area (Å²) in [6.07, 6.45) is 1.62. The van der Waals surface area contributed by atoms with Crippen LogP contribution in [0.25, 0.3) is 6.08 Å². The van der Waals surface area contributed by atoms with Crippen molar-refractivity contribution in [3.63, 3.8) is 0 Å². The number of rotatable bonds is 5. The van der Waals surface area contributed by atoms with Gasteiger partial charge in [0.05, 0.1) is 22.9 Å². The molecule has 4 aromatic rings. The fourth-order valence-corrected chi connectivity index (χ4v) is 6.05. The Bertz CT molecular complexity index is 1680. The minimum atomic E-state index is -0.619. The molecular formula is C27H23N3O4S2. The molecule has 2 aromatic heterocycles. The fraction of sp³-hybridized carbons (Fsp3) is 0.148. The fourth-order valence-electron chi connectivity index (χ4n) is 4.19. The maximum absolute atomic E-state index is 13.7. The zero-order valence-corrected chi connectivity index (χ0v) is 21.4. The number of nitrogens with zero attached hydrogens (tertiary/aromatic N) is 2. The summed E-state index contributed by atoms with van der Waals surface area (Å²) in [6, 6.07) is 15.8. The molecule has 0 radical (unpaired) electrons. The highest BCUT2D eigenvalue weighted by Crippen LogP contribution is 2.34. The summed E-state index contributed by atoms with van der Waals surface area (Å²) in [5.41, 5.74) is 2.79. The lowest BCUT2D eigenvalue weighted by molar-refractivity contribution is -0.113. The van der Waals surface area contributed by atoms with Crippen LogP contribution >= 0.6 is 22.7 Å². The molecule has 1 aliphatic rings. The van der Waals surface area contributed by atoms with Gasteiger partial charge in [0, 0.05) is 16.1 Å². The van der Waals surface area contributed by atoms with Crippen LogP contribution in [0.15, 0.2) is 81.0 Å². The molecule has 1 unspecified atom stereocenters. The van der Waals surface area contributed by atoms with Gasteiger partial charge in [-0.2, -0.15) is 0 Å². The molecule has 0 saturated carbocycles. The van der Waals surface area contributed by atoms with Gasteiger partial charge in [-0.15, -0.1) is 11.3 Å². The van der Waals surface area contributed by atoms with Gasteiger partial charge in [-0.3, -0.25) is 14.2 Å². The number of nitrogens with one attached hydrogen (secondary N) is 1. The lowest BCUT2D eigenvalue weighted by Crippen LogP contribution is -2.40. The molecule has 0 bridgehead atoms. The van der Waals surface area contributed by atoms with E-state index in [1.165, 1.54) is 29.8 Å². The number of hydrogen-bond donors (Lipinski definition) is 2. The third-order valence-electron chi connectivity index (χ3n) is 6.01. The molecule has 1 atom stereocenters. The topological polar surface area (TPSA) is 92.9 Å². The zero-order valence-electron chi connectivity index (χ0n) is 19.8. The van der Waals surface area contributed by atoms with Crippen molar-refractivity contribution in [3.8, 4) is 11.5 Å². The van der Waals surface area contributed by atoms with E-state index in [1.54, 1.807) is 35.8 Å². The summed E-state index contributed by atoms with van der Waals surface area (Å²) in [7, 11) is 1.47. The molecule has 7 nitrogen and oxygen atoms in total. The molecule has 3 heterocycles. The molecular weight excluding hydrogens is 494 g/mol. The smallest absolute Gasteiger partial charge is 0.271 e. The number of fused-ring (bicyclic) bond motifs is 1. The third-order valence-corrected chi connectivity index (χ3v) is 7.92. The molecule has 182 valence electrons. The first-order valence-corrected chi connectivity index (χ1v) is 12.9. The monoisotopic (exact) mass is 517 g/mol. The number of hydrogen-bond acceptors (Lipinski definition) is 7. The van der Waals surface area contributed by atoms with E-state index < -0.39 is 6.04 Å². The molecule has 1 amide bonds. The molecule has 5 rings (SSSR count). The highest BCUT2D eigenvalue weighted by atomic mass is 32.1. The van der Waals surface area contributed by atoms with Gasteiger partial charge in [-0.1, -0.05) is 47.7 Å². The number of allylic oxidation sites excluding steroid dienone is 1. The van der Waals surface area contributed by atoms with Crippen LogP contribution in [-0.4, -0.2) is 22.7 Å². The van der Waals surface area contributed by atoms with Gasteiger partial charge in [-0.25, -0.2) is 4.99 Å². The average molecular weight is 518 g/mol. The number of carbonyl (C=O) groups is 1. The van der Waals surface area contributed by atoms with Crippen molar-refractivity contribution < 1.29 is 14.6 Å². The van der Waals surface area contributed by atoms with Gasteiger partial charge in [0.15, 0.2) is 16.3 Å². The van der Waals surface area contributed by atoms with Crippen LogP contribution in [0.2, 0.25) is 0 Å². The first-order chi connectivity index (χ1) is 17.4. The van der Waals surface area contributed by atoms with Crippen LogP contribution < -0.4 is 24.9 Å². The summed E-state index contributed by atoms with van der Waals surface area (Å²) in [6.45, 7) is 3.72. The SMILES string of the molecule is COc1cccc(C=c2sc3n(c2=O)C(c2cccs2)C(C(=O)Nc2ccccc2C)=C(C)N=3)c1O. The van der Waals surface area contributed by atoms with Gasteiger partial charge in [0.1, 0.15) is 6.04 Å². The van der Waals surface area contributed by atoms with Crippen molar-refractivity contribution in [1.29, 1.82) is 0 Å². The lowest BCUT2D eigenvalue weighted by atomic mass is 10.0. The Hall–Kier alpha value is -3.95. The minimum absolute atomic E-state index is 0.0462. The van der Waals surface area contributed by atoms with E-state index in [-0.39, 0.29) is 17.2 Å². The quantitative estimate of drug-likeness (QED) is 0.419. The van der Waals surface area contributed by atoms with E-state index >= 15 is 0 Å². The van der Waals surface area contributed by atoms with Gasteiger partial charge in [0.2, 0.25) is 0 Å². The Morgan fingerprint density at radius 1 is 1.14 bits per heavy atom. The van der Waals surface area contributed by atoms with E-state index in [1.807, 2.05) is 48.7 Å². The number of methoxy groups -OCH3 is 1. The number of benzene rings is 2. The summed E-state index contributed by atoms with van der Waals surface area (Å²) in [5.74, 6) is -0.0298. The molecule has 0 spiro atoms. The number of phenolic OH excluding ortho intramolecular Hbond substituents is 1. The van der Waals surface area contributed by atoms with E-state index in [4.69, 9.17) is 4.74 Å². The average Bonchev–Trinajstić information content (AvgIpc) is 3.49. The maximum Gasteiger partial charge on any atom is 0.271 e. The maximum atomic E-state index is 13.7. The number of thiophene rings is 1. The van der Waals surface area contributed by atoms with E-state index in [2.05, 4.69) is 10.3 Å². The molecule has 36 heavy (non-hydrogen) atoms. The predicted molar refractivity (Wildman–Crippen MR) is 143 cm³/mol. The summed E-state index contributed by atoms with van der Waals surface area (Å²) in [4.78, 5) is 33.3. The first-order valence-electron chi connectivity index (χ1n) is 11.2. The summed E-state index contributed by atoms with van der Waals surface area (Å²) >= 11 is 2.70. The van der Waals surface area contributed by atoms with Gasteiger partial charge < -0.3 is 15.2 Å². The van der Waals surface area contributed by atoms with Crippen molar-refractivity contribution in [3.05, 3.63) is 107 Å². The largest absolute Gasteiger partial charge is 0.504 e. The van der Waals surface area contributed by atoms with Crippen LogP contribution in [0.4, 0.5) is 5.69 Å². The van der Waals surface area contributed by atoms with Crippen LogP contribution in [0.3, 0.4) is 0 Å². The van der Waals surface area contributed by atoms with Crippen LogP contribution in [-0.2, 0) is 4.79 Å². The zero-order chi connectivity index (χ0) is 25.4. The molecule has 0 saturated heterocycles. The highest BCUT2D eigenvalue weighted by molar-refractivity contribution is 7.10. The number of thiazole rings is 1. The standard InChI is InChI=1S/C27H23N3O4S2/c1-15-8-4-5-10-18(15)29-25(32)22-16(2)28-27-30(23(22)20-12-7-13-35-20)26(33)21(36-27)14-17-9-6-11-19(34-3)24(17)31/h4-14,23,31H,1-3H3,(H,29,32). The number of carbonyl (C=O) groups excluding carboxylic acids is 1. The van der Waals surface area contributed by atoms with Gasteiger partial charge in [0.25, 0.3) is 11.5 Å². The number of aromatic nitrogens is 1. The number of aryl methyl sites for hydroxylation is 1. The minimum Gasteiger partial charge on any atom is -0.504 e. The van der Waals surface area contributed by atoms with Gasteiger partial charge >= 0.3 is 0 Å². The molecule has 2 aromatic carbocycles. The van der Waals surface area contributed by atoms with Crippen LogP contribution in [0.1, 0.15) is 29.0 Å². The Labute approximate surface area is 215 Å². The van der Waals surface area contributed by atoms with E-state index in [9.17, 15) is 14.7 Å². The lowest BCUT2D eigenvalue weighted by Gasteiger charge is -2.24. The highest BCUT2D eigenvalue weighted by Gasteiger charge is 2.33. The second-order valence-electron chi connectivity index (χ2n) is 8.26. The Morgan fingerprint density at radius 3 is 2.67 bits per heavy atom. The first kappa shape index (κ1) is 23.8. The van der Waals surface area contributed by atoms with Crippen molar-refractivity contribution in [2.24, 2.45) is 4.99 Å². The van der Waals surface area contributed by atoms with Crippen LogP contribution in [0, 0.1) is 6.92 Å². The second kappa shape index (κ2) is 9.60. The number of para-hydroxylation sites is 2. The number of ether oxygens (including phenoxy) is 1. The predicted octanol–water partition coefficient (Wildman–Crippen LogP) is 3.96. The van der Waals surface area contributed by atoms with Crippen molar-refractivity contribution in [2.45, 2.75) is 19.9 Å². The number of phenols is 1. The second-order valence-corrected chi connectivity index (χ2v) is 10.3. The van der Waals surface area contributed by atoms with Gasteiger partial charge in [-0.05, 0) is 49.1 Å². The molecule has 1 aliphatic heterocycles. The Balaban J connectivity index is 1.66. The summed E-state index contributed by atoms with van der Waals surface area (Å²) < 4.78 is 7.16. The normalized spacial score (nSPS) is 15.4. The van der Waals surface area contributed by atoms with Crippen LogP contribution in [0.5, 0.6) is 11.5 Å². The molecule has 9 heteroatoms. The molecule has 0 aliphatic carbocycles. The Kier molecular flexibility index (Phi) is 6.34. The van der Waals surface area contributed by atoms with Crippen molar-refractivity contribution in [2.75, 3.05) is 12.4 Å². The van der Waals surface area contributed by atoms with Crippen molar-refractivity contribution in [1.82, 2.24) is 4.57 Å². The molecule has 0 fully saturated rings. The third kappa shape index (κ3) is 4.16. The number of amides is 1. The van der Waals surface area contributed by atoms with Crippen molar-refractivity contribution >= 4 is 40.3 Å².